The molecule has 2 radical (unpaired) electrons. The highest BCUT2D eigenvalue weighted by Gasteiger charge is 2.11. The first-order chi connectivity index (χ1) is 18.9. The number of furan rings is 1. The molecule has 5 rings (SSSR count). The summed E-state index contributed by atoms with van der Waals surface area (Å²) in [6, 6.07) is 22.8. The molecule has 0 saturated heterocycles. The van der Waals surface area contributed by atoms with E-state index in [0.717, 1.165) is 39.2 Å². The Hall–Kier alpha value is -3.66. The van der Waals surface area contributed by atoms with Crippen molar-refractivity contribution in [2.24, 2.45) is 0 Å². The number of aromatic nitrogens is 2. The van der Waals surface area contributed by atoms with E-state index < -0.39 is 10.8 Å². The van der Waals surface area contributed by atoms with Gasteiger partial charge in [0.1, 0.15) is 43.9 Å². The molecular formula is C29H26BClN4O3S. The Morgan fingerprint density at radius 1 is 1.05 bits per heavy atom. The van der Waals surface area contributed by atoms with E-state index in [1.807, 2.05) is 66.7 Å². The zero-order valence-corrected chi connectivity index (χ0v) is 22.9. The molecule has 0 aliphatic heterocycles. The first-order valence-electron chi connectivity index (χ1n) is 12.3. The number of anilines is 2. The molecule has 2 N–H and O–H groups in total. The second kappa shape index (κ2) is 12.5. The van der Waals surface area contributed by atoms with Crippen LogP contribution in [0.15, 0.2) is 83.5 Å². The number of nitrogens with one attached hydrogen (secondary N) is 2. The van der Waals surface area contributed by atoms with Gasteiger partial charge in [-0.1, -0.05) is 41.3 Å². The fraction of sp³-hybridized carbons (Fsp3) is 0.172. The Bertz CT molecular complexity index is 1630. The number of nitrogens with zero attached hydrogens (tertiary/aromatic N) is 2. The van der Waals surface area contributed by atoms with E-state index in [0.29, 0.717) is 47.5 Å². The van der Waals surface area contributed by atoms with Crippen molar-refractivity contribution >= 4 is 58.1 Å². The van der Waals surface area contributed by atoms with Gasteiger partial charge < -0.3 is 19.8 Å². The van der Waals surface area contributed by atoms with E-state index in [2.05, 4.69) is 20.6 Å². The Labute approximate surface area is 235 Å². The molecule has 0 fully saturated rings. The maximum atomic E-state index is 11.2. The summed E-state index contributed by atoms with van der Waals surface area (Å²) in [6.07, 6.45) is 3.22. The third-order valence-corrected chi connectivity index (χ3v) is 7.06. The molecule has 0 saturated carbocycles. The summed E-state index contributed by atoms with van der Waals surface area (Å²) in [5, 5.41) is 7.92. The van der Waals surface area contributed by atoms with Gasteiger partial charge in [-0.15, -0.1) is 0 Å². The summed E-state index contributed by atoms with van der Waals surface area (Å²) in [5.41, 5.74) is 4.12. The van der Waals surface area contributed by atoms with Crippen LogP contribution >= 0.6 is 11.6 Å². The minimum absolute atomic E-state index is 0.362. The molecule has 2 aromatic heterocycles. The number of benzene rings is 3. The first kappa shape index (κ1) is 26.9. The average Bonchev–Trinajstić information content (AvgIpc) is 3.40. The van der Waals surface area contributed by atoms with Gasteiger partial charge in [0.05, 0.1) is 17.1 Å². The zero-order valence-electron chi connectivity index (χ0n) is 21.3. The molecule has 1 atom stereocenters. The lowest BCUT2D eigenvalue weighted by Gasteiger charge is -2.12. The Morgan fingerprint density at radius 3 is 2.77 bits per heavy atom. The Balaban J connectivity index is 1.30. The normalized spacial score (nSPS) is 11.9. The van der Waals surface area contributed by atoms with E-state index in [1.54, 1.807) is 12.3 Å². The van der Waals surface area contributed by atoms with Crippen LogP contribution in [0.5, 0.6) is 5.75 Å². The SMILES string of the molecule is [B]c1cccc(COc2ccc(Nc3ncnc4ccc(-c5ccc(CNCCS(C)=O)o5)cc34)cc2Cl)c1. The number of fused-ring (bicyclic) bond motifs is 1. The predicted molar refractivity (Wildman–Crippen MR) is 159 cm³/mol. The summed E-state index contributed by atoms with van der Waals surface area (Å²) >= 11 is 6.52. The number of hydrogen-bond acceptors (Lipinski definition) is 7. The fourth-order valence-electron chi connectivity index (χ4n) is 4.04. The predicted octanol–water partition coefficient (Wildman–Crippen LogP) is 5.13. The highest BCUT2D eigenvalue weighted by atomic mass is 35.5. The van der Waals surface area contributed by atoms with Crippen molar-refractivity contribution in [2.75, 3.05) is 23.9 Å². The summed E-state index contributed by atoms with van der Waals surface area (Å²) in [4.78, 5) is 8.88. The fourth-order valence-corrected chi connectivity index (χ4v) is 4.71. The molecule has 7 nitrogen and oxygen atoms in total. The Morgan fingerprint density at radius 2 is 1.95 bits per heavy atom. The molecule has 10 heteroatoms. The quantitative estimate of drug-likeness (QED) is 0.172. The van der Waals surface area contributed by atoms with Gasteiger partial charge in [0, 0.05) is 46.0 Å². The third kappa shape index (κ3) is 7.06. The van der Waals surface area contributed by atoms with Gasteiger partial charge in [-0.05, 0) is 54.1 Å². The highest BCUT2D eigenvalue weighted by Crippen LogP contribution is 2.32. The molecule has 0 aliphatic carbocycles. The minimum Gasteiger partial charge on any atom is -0.487 e. The molecule has 0 bridgehead atoms. The lowest BCUT2D eigenvalue weighted by molar-refractivity contribution is 0.306. The average molecular weight is 557 g/mol. The number of hydrogen-bond donors (Lipinski definition) is 2. The Kier molecular flexibility index (Phi) is 8.61. The van der Waals surface area contributed by atoms with E-state index >= 15 is 0 Å². The van der Waals surface area contributed by atoms with Crippen LogP contribution in [0.25, 0.3) is 22.2 Å². The van der Waals surface area contributed by atoms with Crippen molar-refractivity contribution < 1.29 is 13.4 Å². The van der Waals surface area contributed by atoms with Crippen LogP contribution in [0.2, 0.25) is 5.02 Å². The van der Waals surface area contributed by atoms with Crippen LogP contribution in [0.1, 0.15) is 11.3 Å². The maximum Gasteiger partial charge on any atom is 0.141 e. The maximum absolute atomic E-state index is 11.2. The van der Waals surface area contributed by atoms with E-state index in [1.165, 1.54) is 6.33 Å². The summed E-state index contributed by atoms with van der Waals surface area (Å²) in [6.45, 7) is 1.60. The number of ether oxygens (including phenoxy) is 1. The third-order valence-electron chi connectivity index (χ3n) is 5.99. The van der Waals surface area contributed by atoms with Gasteiger partial charge >= 0.3 is 0 Å². The van der Waals surface area contributed by atoms with Gasteiger partial charge in [0.15, 0.2) is 0 Å². The monoisotopic (exact) mass is 556 g/mol. The molecule has 3 aromatic carbocycles. The van der Waals surface area contributed by atoms with Crippen molar-refractivity contribution in [2.45, 2.75) is 13.2 Å². The minimum atomic E-state index is -0.819. The largest absolute Gasteiger partial charge is 0.487 e. The second-order valence-corrected chi connectivity index (χ2v) is 10.9. The van der Waals surface area contributed by atoms with Gasteiger partial charge in [0.25, 0.3) is 0 Å². The van der Waals surface area contributed by atoms with Crippen LogP contribution in [-0.2, 0) is 24.0 Å². The molecule has 1 unspecified atom stereocenters. The molecule has 196 valence electrons. The number of rotatable bonds is 11. The molecular weight excluding hydrogens is 531 g/mol. The van der Waals surface area contributed by atoms with Gasteiger partial charge in [-0.25, -0.2) is 9.97 Å². The van der Waals surface area contributed by atoms with E-state index in [9.17, 15) is 4.21 Å². The standard InChI is InChI=1S/C29H26BClN4O3S/c1-39(36)12-11-32-16-23-7-10-27(38-23)20-5-8-26-24(14-20)29(34-18-33-26)35-22-6-9-28(25(31)15-22)37-17-19-3-2-4-21(30)13-19/h2-10,13-15,18,32H,11-12,16-17H2,1H3,(H,33,34,35). The summed E-state index contributed by atoms with van der Waals surface area (Å²) < 4.78 is 23.2. The van der Waals surface area contributed by atoms with Gasteiger partial charge in [-0.3, -0.25) is 4.21 Å². The second-order valence-electron chi connectivity index (χ2n) is 8.98. The van der Waals surface area contributed by atoms with E-state index in [-0.39, 0.29) is 0 Å². The van der Waals surface area contributed by atoms with Crippen molar-refractivity contribution in [3.05, 3.63) is 95.5 Å². The van der Waals surface area contributed by atoms with Crippen molar-refractivity contribution in [1.82, 2.24) is 15.3 Å². The van der Waals surface area contributed by atoms with Crippen molar-refractivity contribution in [3.63, 3.8) is 0 Å². The van der Waals surface area contributed by atoms with Crippen LogP contribution in [0.3, 0.4) is 0 Å². The molecule has 5 aromatic rings. The van der Waals surface area contributed by atoms with Crippen LogP contribution in [-0.4, -0.2) is 40.6 Å². The molecule has 39 heavy (non-hydrogen) atoms. The smallest absolute Gasteiger partial charge is 0.141 e. The summed E-state index contributed by atoms with van der Waals surface area (Å²) in [7, 11) is 5.03. The van der Waals surface area contributed by atoms with Crippen molar-refractivity contribution in [3.8, 4) is 17.1 Å². The molecule has 0 aliphatic rings. The first-order valence-corrected chi connectivity index (χ1v) is 14.4. The van der Waals surface area contributed by atoms with E-state index in [4.69, 9.17) is 28.6 Å². The topological polar surface area (TPSA) is 89.3 Å². The van der Waals surface area contributed by atoms with Crippen molar-refractivity contribution in [1.29, 1.82) is 0 Å². The lowest BCUT2D eigenvalue weighted by atomic mass is 9.95. The van der Waals surface area contributed by atoms with Crippen LogP contribution < -0.4 is 20.8 Å². The molecule has 0 amide bonds. The van der Waals surface area contributed by atoms with Gasteiger partial charge in [-0.2, -0.15) is 0 Å². The highest BCUT2D eigenvalue weighted by molar-refractivity contribution is 7.84. The lowest BCUT2D eigenvalue weighted by Crippen LogP contribution is -2.19. The van der Waals surface area contributed by atoms with Gasteiger partial charge in [0.2, 0.25) is 0 Å². The summed E-state index contributed by atoms with van der Waals surface area (Å²) in [5.74, 6) is 3.38. The van der Waals surface area contributed by atoms with Crippen LogP contribution in [0.4, 0.5) is 11.5 Å². The zero-order chi connectivity index (χ0) is 27.2. The molecule has 0 spiro atoms. The number of halogens is 1. The molecule has 2 heterocycles. The van der Waals surface area contributed by atoms with Crippen LogP contribution in [0, 0.1) is 0 Å².